The van der Waals surface area contributed by atoms with E-state index < -0.39 is 5.92 Å². The molecule has 0 unspecified atom stereocenters. The van der Waals surface area contributed by atoms with Crippen LogP contribution >= 0.6 is 0 Å². The molecule has 72 valence electrons. The summed E-state index contributed by atoms with van der Waals surface area (Å²) in [6.07, 6.45) is -0.220. The lowest BCUT2D eigenvalue weighted by molar-refractivity contribution is -0.00841. The SMILES string of the molecule is CCC(F)(F)c1cccc(CO)c1. The van der Waals surface area contributed by atoms with Crippen molar-refractivity contribution in [3.05, 3.63) is 35.4 Å². The number of aliphatic hydroxyl groups excluding tert-OH is 1. The molecule has 0 saturated heterocycles. The molecule has 0 aliphatic heterocycles. The number of aliphatic hydroxyl groups is 1. The van der Waals surface area contributed by atoms with Gasteiger partial charge in [-0.25, -0.2) is 8.78 Å². The van der Waals surface area contributed by atoms with Crippen molar-refractivity contribution in [1.82, 2.24) is 0 Å². The van der Waals surface area contributed by atoms with Crippen LogP contribution in [0.15, 0.2) is 24.3 Å². The zero-order valence-electron chi connectivity index (χ0n) is 7.43. The Morgan fingerprint density at radius 2 is 2.08 bits per heavy atom. The molecule has 0 spiro atoms. The van der Waals surface area contributed by atoms with Crippen molar-refractivity contribution in [2.75, 3.05) is 0 Å². The van der Waals surface area contributed by atoms with Crippen LogP contribution in [0.4, 0.5) is 8.78 Å². The van der Waals surface area contributed by atoms with E-state index in [1.54, 1.807) is 6.07 Å². The molecule has 0 amide bonds. The lowest BCUT2D eigenvalue weighted by Crippen LogP contribution is -2.11. The Balaban J connectivity index is 3.01. The molecule has 1 aromatic rings. The first kappa shape index (κ1) is 10.1. The third-order valence-electron chi connectivity index (χ3n) is 1.98. The van der Waals surface area contributed by atoms with Gasteiger partial charge in [0.05, 0.1) is 6.61 Å². The number of alkyl halides is 2. The van der Waals surface area contributed by atoms with Crippen molar-refractivity contribution < 1.29 is 13.9 Å². The lowest BCUT2D eigenvalue weighted by Gasteiger charge is -2.14. The predicted octanol–water partition coefficient (Wildman–Crippen LogP) is 2.68. The molecule has 13 heavy (non-hydrogen) atoms. The fourth-order valence-electron chi connectivity index (χ4n) is 1.10. The van der Waals surface area contributed by atoms with Crippen LogP contribution in [0, 0.1) is 0 Å². The summed E-state index contributed by atoms with van der Waals surface area (Å²) in [5, 5.41) is 8.76. The molecule has 0 aromatic heterocycles. The molecule has 0 aliphatic rings. The van der Waals surface area contributed by atoms with Gasteiger partial charge in [-0.15, -0.1) is 0 Å². The Labute approximate surface area is 76.0 Å². The van der Waals surface area contributed by atoms with Crippen molar-refractivity contribution in [1.29, 1.82) is 0 Å². The van der Waals surface area contributed by atoms with Gasteiger partial charge in [0.25, 0.3) is 5.92 Å². The van der Waals surface area contributed by atoms with E-state index in [1.807, 2.05) is 0 Å². The Bertz CT molecular complexity index is 284. The van der Waals surface area contributed by atoms with Crippen LogP contribution in [0.1, 0.15) is 24.5 Å². The molecule has 3 heteroatoms. The van der Waals surface area contributed by atoms with E-state index in [1.165, 1.54) is 25.1 Å². The first-order valence-electron chi connectivity index (χ1n) is 4.18. The molecule has 1 aromatic carbocycles. The summed E-state index contributed by atoms with van der Waals surface area (Å²) in [5.41, 5.74) is 0.493. The molecule has 1 rings (SSSR count). The van der Waals surface area contributed by atoms with E-state index in [-0.39, 0.29) is 18.6 Å². The molecule has 1 nitrogen and oxygen atoms in total. The summed E-state index contributed by atoms with van der Waals surface area (Å²) >= 11 is 0. The minimum Gasteiger partial charge on any atom is -0.392 e. The summed E-state index contributed by atoms with van der Waals surface area (Å²) in [6.45, 7) is 1.24. The molecule has 0 heterocycles. The zero-order valence-corrected chi connectivity index (χ0v) is 7.43. The van der Waals surface area contributed by atoms with Crippen LogP contribution in [0.3, 0.4) is 0 Å². The first-order valence-corrected chi connectivity index (χ1v) is 4.18. The largest absolute Gasteiger partial charge is 0.392 e. The molecular formula is C10H12F2O. The minimum atomic E-state index is -2.79. The van der Waals surface area contributed by atoms with Crippen LogP contribution < -0.4 is 0 Å². The summed E-state index contributed by atoms with van der Waals surface area (Å²) in [5.74, 6) is -2.79. The van der Waals surface area contributed by atoms with Crippen molar-refractivity contribution in [3.8, 4) is 0 Å². The maximum Gasteiger partial charge on any atom is 0.273 e. The van der Waals surface area contributed by atoms with Crippen LogP contribution in [-0.2, 0) is 12.5 Å². The highest BCUT2D eigenvalue weighted by molar-refractivity contribution is 5.26. The molecule has 0 saturated carbocycles. The number of hydrogen-bond acceptors (Lipinski definition) is 1. The Morgan fingerprint density at radius 3 is 2.62 bits per heavy atom. The van der Waals surface area contributed by atoms with Crippen molar-refractivity contribution in [3.63, 3.8) is 0 Å². The second kappa shape index (κ2) is 3.83. The van der Waals surface area contributed by atoms with Gasteiger partial charge in [0.2, 0.25) is 0 Å². The van der Waals surface area contributed by atoms with E-state index in [4.69, 9.17) is 5.11 Å². The number of hydrogen-bond donors (Lipinski definition) is 1. The highest BCUT2D eigenvalue weighted by Crippen LogP contribution is 2.31. The second-order valence-corrected chi connectivity index (χ2v) is 2.92. The number of benzene rings is 1. The quantitative estimate of drug-likeness (QED) is 0.769. The third kappa shape index (κ3) is 2.25. The maximum absolute atomic E-state index is 13.1. The van der Waals surface area contributed by atoms with E-state index in [0.717, 1.165) is 0 Å². The summed E-state index contributed by atoms with van der Waals surface area (Å²) in [6, 6.07) is 5.87. The Kier molecular flexibility index (Phi) is 2.98. The monoisotopic (exact) mass is 186 g/mol. The Hall–Kier alpha value is -0.960. The molecule has 0 aliphatic carbocycles. The first-order chi connectivity index (χ1) is 6.10. The molecule has 0 atom stereocenters. The van der Waals surface area contributed by atoms with E-state index in [0.29, 0.717) is 5.56 Å². The third-order valence-corrected chi connectivity index (χ3v) is 1.98. The molecule has 0 fully saturated rings. The molecule has 1 N–H and O–H groups in total. The predicted molar refractivity (Wildman–Crippen MR) is 46.5 cm³/mol. The van der Waals surface area contributed by atoms with Crippen molar-refractivity contribution in [2.24, 2.45) is 0 Å². The van der Waals surface area contributed by atoms with Crippen LogP contribution in [0.5, 0.6) is 0 Å². The fourth-order valence-corrected chi connectivity index (χ4v) is 1.10. The smallest absolute Gasteiger partial charge is 0.273 e. The van der Waals surface area contributed by atoms with Gasteiger partial charge < -0.3 is 5.11 Å². The molecule has 0 radical (unpaired) electrons. The number of halogens is 2. The highest BCUT2D eigenvalue weighted by Gasteiger charge is 2.28. The van der Waals surface area contributed by atoms with E-state index >= 15 is 0 Å². The van der Waals surface area contributed by atoms with Gasteiger partial charge in [0, 0.05) is 12.0 Å². The maximum atomic E-state index is 13.1. The van der Waals surface area contributed by atoms with Gasteiger partial charge in [-0.1, -0.05) is 25.1 Å². The van der Waals surface area contributed by atoms with E-state index in [2.05, 4.69) is 0 Å². The highest BCUT2D eigenvalue weighted by atomic mass is 19.3. The van der Waals surface area contributed by atoms with Crippen LogP contribution in [0.25, 0.3) is 0 Å². The van der Waals surface area contributed by atoms with Crippen molar-refractivity contribution >= 4 is 0 Å². The number of rotatable bonds is 3. The molecule has 0 bridgehead atoms. The average molecular weight is 186 g/mol. The summed E-state index contributed by atoms with van der Waals surface area (Å²) in [7, 11) is 0. The summed E-state index contributed by atoms with van der Waals surface area (Å²) in [4.78, 5) is 0. The second-order valence-electron chi connectivity index (χ2n) is 2.92. The summed E-state index contributed by atoms with van der Waals surface area (Å²) < 4.78 is 26.2. The zero-order chi connectivity index (χ0) is 9.90. The van der Waals surface area contributed by atoms with Gasteiger partial charge in [-0.05, 0) is 11.6 Å². The normalized spacial score (nSPS) is 11.7. The van der Waals surface area contributed by atoms with Gasteiger partial charge in [0.1, 0.15) is 0 Å². The van der Waals surface area contributed by atoms with Gasteiger partial charge in [-0.2, -0.15) is 0 Å². The lowest BCUT2D eigenvalue weighted by atomic mass is 10.0. The van der Waals surface area contributed by atoms with E-state index in [9.17, 15) is 8.78 Å². The van der Waals surface area contributed by atoms with Gasteiger partial charge in [0.15, 0.2) is 0 Å². The topological polar surface area (TPSA) is 20.2 Å². The Morgan fingerprint density at radius 1 is 1.38 bits per heavy atom. The molecular weight excluding hydrogens is 174 g/mol. The fraction of sp³-hybridized carbons (Fsp3) is 0.400. The standard InChI is InChI=1S/C10H12F2O/c1-2-10(11,12)9-5-3-4-8(6-9)7-13/h3-6,13H,2,7H2,1H3. The van der Waals surface area contributed by atoms with Gasteiger partial charge in [-0.3, -0.25) is 0 Å². The minimum absolute atomic E-state index is 0.0263. The average Bonchev–Trinajstić information content (AvgIpc) is 2.18. The van der Waals surface area contributed by atoms with Crippen LogP contribution in [-0.4, -0.2) is 5.11 Å². The van der Waals surface area contributed by atoms with Crippen LogP contribution in [0.2, 0.25) is 0 Å². The van der Waals surface area contributed by atoms with Gasteiger partial charge >= 0.3 is 0 Å². The van der Waals surface area contributed by atoms with Crippen molar-refractivity contribution in [2.45, 2.75) is 25.9 Å².